The van der Waals surface area contributed by atoms with Crippen LogP contribution < -0.4 is 0 Å². The normalized spacial score (nSPS) is 12.0. The SMILES string of the molecule is C[Si](C)(C)CCOCn1nc(C(=O)O)c2cc(I)ccc21. The Kier molecular flexibility index (Phi) is 5.05. The van der Waals surface area contributed by atoms with Crippen molar-refractivity contribution in [2.45, 2.75) is 32.4 Å². The Balaban J connectivity index is 2.18. The molecule has 21 heavy (non-hydrogen) atoms. The summed E-state index contributed by atoms with van der Waals surface area (Å²) in [6.45, 7) is 7.86. The van der Waals surface area contributed by atoms with Gasteiger partial charge in [-0.2, -0.15) is 5.10 Å². The number of nitrogens with zero attached hydrogens (tertiary/aromatic N) is 2. The van der Waals surface area contributed by atoms with E-state index in [4.69, 9.17) is 4.74 Å². The molecule has 0 atom stereocenters. The lowest BCUT2D eigenvalue weighted by Gasteiger charge is -2.15. The van der Waals surface area contributed by atoms with Gasteiger partial charge in [0.05, 0.1) is 5.52 Å². The number of halogens is 1. The van der Waals surface area contributed by atoms with Gasteiger partial charge in [-0.3, -0.25) is 0 Å². The highest BCUT2D eigenvalue weighted by atomic mass is 127. The standard InChI is InChI=1S/C14H19IN2O3Si/c1-21(2,3)7-6-20-9-17-12-5-4-10(15)8-11(12)13(16-17)14(18)19/h4-5,8H,6-7,9H2,1-3H3,(H,18,19). The third kappa shape index (κ3) is 4.27. The van der Waals surface area contributed by atoms with E-state index < -0.39 is 14.0 Å². The molecule has 0 bridgehead atoms. The minimum absolute atomic E-state index is 0.0808. The van der Waals surface area contributed by atoms with Gasteiger partial charge in [-0.05, 0) is 46.8 Å². The van der Waals surface area contributed by atoms with Crippen molar-refractivity contribution in [1.29, 1.82) is 0 Å². The number of aromatic nitrogens is 2. The topological polar surface area (TPSA) is 64.4 Å². The third-order valence-corrected chi connectivity index (χ3v) is 5.50. The van der Waals surface area contributed by atoms with Crippen LogP contribution in [-0.4, -0.2) is 35.5 Å². The lowest BCUT2D eigenvalue weighted by atomic mass is 10.2. The zero-order chi connectivity index (χ0) is 15.6. The summed E-state index contributed by atoms with van der Waals surface area (Å²) in [5.41, 5.74) is 0.873. The van der Waals surface area contributed by atoms with Crippen LogP contribution in [0.5, 0.6) is 0 Å². The number of ether oxygens (including phenoxy) is 1. The van der Waals surface area contributed by atoms with E-state index in [0.717, 1.165) is 15.1 Å². The Morgan fingerprint density at radius 2 is 2.14 bits per heavy atom. The van der Waals surface area contributed by atoms with Crippen LogP contribution in [0, 0.1) is 3.57 Å². The lowest BCUT2D eigenvalue weighted by molar-refractivity contribution is 0.0676. The summed E-state index contributed by atoms with van der Waals surface area (Å²) in [6.07, 6.45) is 0. The van der Waals surface area contributed by atoms with E-state index in [-0.39, 0.29) is 12.4 Å². The number of aromatic carboxylic acids is 1. The lowest BCUT2D eigenvalue weighted by Crippen LogP contribution is -2.22. The number of hydrogen-bond acceptors (Lipinski definition) is 3. The third-order valence-electron chi connectivity index (χ3n) is 3.13. The Morgan fingerprint density at radius 3 is 2.76 bits per heavy atom. The summed E-state index contributed by atoms with van der Waals surface area (Å²) in [5.74, 6) is -1.01. The van der Waals surface area contributed by atoms with Crippen LogP contribution in [0.4, 0.5) is 0 Å². The number of benzene rings is 1. The molecule has 0 aliphatic heterocycles. The summed E-state index contributed by atoms with van der Waals surface area (Å²) in [5, 5.41) is 14.1. The molecule has 1 aromatic heterocycles. The zero-order valence-corrected chi connectivity index (χ0v) is 15.5. The highest BCUT2D eigenvalue weighted by molar-refractivity contribution is 14.1. The molecule has 7 heteroatoms. The van der Waals surface area contributed by atoms with Crippen molar-refractivity contribution < 1.29 is 14.6 Å². The van der Waals surface area contributed by atoms with Gasteiger partial charge >= 0.3 is 5.97 Å². The van der Waals surface area contributed by atoms with Crippen molar-refractivity contribution in [3.05, 3.63) is 27.5 Å². The first kappa shape index (κ1) is 16.4. The van der Waals surface area contributed by atoms with E-state index in [0.29, 0.717) is 12.0 Å². The second-order valence-electron chi connectivity index (χ2n) is 6.16. The smallest absolute Gasteiger partial charge is 0.357 e. The maximum atomic E-state index is 11.3. The average Bonchev–Trinajstić information content (AvgIpc) is 2.71. The first-order chi connectivity index (χ1) is 9.78. The fourth-order valence-electron chi connectivity index (χ4n) is 1.94. The summed E-state index contributed by atoms with van der Waals surface area (Å²) >= 11 is 2.16. The number of hydrogen-bond donors (Lipinski definition) is 1. The van der Waals surface area contributed by atoms with Crippen LogP contribution in [0.3, 0.4) is 0 Å². The minimum Gasteiger partial charge on any atom is -0.476 e. The molecule has 0 amide bonds. The van der Waals surface area contributed by atoms with Crippen LogP contribution in [0.2, 0.25) is 25.7 Å². The Bertz CT molecular complexity index is 664. The van der Waals surface area contributed by atoms with E-state index in [1.807, 2.05) is 18.2 Å². The number of fused-ring (bicyclic) bond motifs is 1. The average molecular weight is 418 g/mol. The fourth-order valence-corrected chi connectivity index (χ4v) is 3.19. The molecule has 0 aliphatic carbocycles. The van der Waals surface area contributed by atoms with Crippen LogP contribution in [0.1, 0.15) is 10.5 Å². The maximum absolute atomic E-state index is 11.3. The number of carboxylic acids is 1. The van der Waals surface area contributed by atoms with Crippen LogP contribution in [0.15, 0.2) is 18.2 Å². The summed E-state index contributed by atoms with van der Waals surface area (Å²) in [7, 11) is -1.12. The number of rotatable bonds is 6. The molecule has 0 saturated heterocycles. The van der Waals surface area contributed by atoms with Gasteiger partial charge in [0.15, 0.2) is 5.69 Å². The van der Waals surface area contributed by atoms with Gasteiger partial charge in [-0.1, -0.05) is 19.6 Å². The van der Waals surface area contributed by atoms with Crippen molar-refractivity contribution in [2.75, 3.05) is 6.61 Å². The molecule has 1 N–H and O–H groups in total. The molecule has 0 fully saturated rings. The van der Waals surface area contributed by atoms with E-state index in [1.165, 1.54) is 0 Å². The highest BCUT2D eigenvalue weighted by Crippen LogP contribution is 2.21. The second-order valence-corrected chi connectivity index (χ2v) is 13.0. The molecule has 0 aliphatic rings. The molecule has 2 aromatic rings. The van der Waals surface area contributed by atoms with Crippen LogP contribution in [-0.2, 0) is 11.5 Å². The molecule has 1 aromatic carbocycles. The van der Waals surface area contributed by atoms with E-state index in [9.17, 15) is 9.90 Å². The molecular weight excluding hydrogens is 399 g/mol. The minimum atomic E-state index is -1.12. The van der Waals surface area contributed by atoms with Gasteiger partial charge in [-0.25, -0.2) is 9.48 Å². The number of carboxylic acid groups (broad SMARTS) is 1. The first-order valence-corrected chi connectivity index (χ1v) is 11.5. The predicted octanol–water partition coefficient (Wildman–Crippen LogP) is 3.65. The monoisotopic (exact) mass is 418 g/mol. The van der Waals surface area contributed by atoms with Crippen LogP contribution in [0.25, 0.3) is 10.9 Å². The summed E-state index contributed by atoms with van der Waals surface area (Å²) in [6, 6.07) is 6.74. The molecule has 1 heterocycles. The van der Waals surface area contributed by atoms with Gasteiger partial charge in [0.2, 0.25) is 0 Å². The van der Waals surface area contributed by atoms with Crippen molar-refractivity contribution in [2.24, 2.45) is 0 Å². The van der Waals surface area contributed by atoms with Gasteiger partial charge < -0.3 is 9.84 Å². The molecular formula is C14H19IN2O3Si. The highest BCUT2D eigenvalue weighted by Gasteiger charge is 2.17. The summed E-state index contributed by atoms with van der Waals surface area (Å²) < 4.78 is 8.28. The Morgan fingerprint density at radius 1 is 1.43 bits per heavy atom. The van der Waals surface area contributed by atoms with Crippen molar-refractivity contribution in [1.82, 2.24) is 9.78 Å². The molecule has 5 nitrogen and oxygen atoms in total. The quantitative estimate of drug-likeness (QED) is 0.442. The molecule has 114 valence electrons. The van der Waals surface area contributed by atoms with Gasteiger partial charge in [0.25, 0.3) is 0 Å². The van der Waals surface area contributed by atoms with Gasteiger partial charge in [0.1, 0.15) is 6.73 Å². The summed E-state index contributed by atoms with van der Waals surface area (Å²) in [4.78, 5) is 11.3. The fraction of sp³-hybridized carbons (Fsp3) is 0.429. The Labute approximate surface area is 138 Å². The van der Waals surface area contributed by atoms with Gasteiger partial charge in [-0.15, -0.1) is 0 Å². The Hall–Kier alpha value is -0.933. The first-order valence-electron chi connectivity index (χ1n) is 6.75. The molecule has 0 spiro atoms. The van der Waals surface area contributed by atoms with E-state index in [2.05, 4.69) is 47.3 Å². The molecule has 0 saturated carbocycles. The van der Waals surface area contributed by atoms with E-state index >= 15 is 0 Å². The molecule has 0 radical (unpaired) electrons. The van der Waals surface area contributed by atoms with Crippen molar-refractivity contribution >= 4 is 47.5 Å². The molecule has 2 rings (SSSR count). The van der Waals surface area contributed by atoms with Crippen molar-refractivity contribution in [3.8, 4) is 0 Å². The van der Waals surface area contributed by atoms with Crippen LogP contribution >= 0.6 is 22.6 Å². The maximum Gasteiger partial charge on any atom is 0.357 e. The second kappa shape index (κ2) is 6.45. The van der Waals surface area contributed by atoms with Gasteiger partial charge in [0, 0.05) is 23.6 Å². The number of carbonyl (C=O) groups is 1. The zero-order valence-electron chi connectivity index (χ0n) is 12.4. The van der Waals surface area contributed by atoms with E-state index in [1.54, 1.807) is 4.68 Å². The molecule has 0 unspecified atom stereocenters. The predicted molar refractivity (Wildman–Crippen MR) is 93.5 cm³/mol. The largest absolute Gasteiger partial charge is 0.476 e. The van der Waals surface area contributed by atoms with Crippen molar-refractivity contribution in [3.63, 3.8) is 0 Å².